The zero-order valence-electron chi connectivity index (χ0n) is 9.39. The van der Waals surface area contributed by atoms with Gasteiger partial charge in [-0.3, -0.25) is 10.1 Å². The second-order valence-corrected chi connectivity index (χ2v) is 9.10. The first-order chi connectivity index (χ1) is 8.00. The van der Waals surface area contributed by atoms with Crippen LogP contribution in [-0.4, -0.2) is 18.3 Å². The van der Waals surface area contributed by atoms with Gasteiger partial charge in [0, 0.05) is 6.07 Å². The van der Waals surface area contributed by atoms with Crippen molar-refractivity contribution < 1.29 is 22.6 Å². The zero-order valence-corrected chi connectivity index (χ0v) is 11.1. The maximum Gasteiger partial charge on any atom is 0.423 e. The summed E-state index contributed by atoms with van der Waals surface area (Å²) in [6, 6.07) is 2.48. The Morgan fingerprint density at radius 2 is 1.94 bits per heavy atom. The Morgan fingerprint density at radius 1 is 1.39 bits per heavy atom. The molecule has 4 nitrogen and oxygen atoms in total. The molecule has 18 heavy (non-hydrogen) atoms. The molecule has 0 fully saturated rings. The Kier molecular flexibility index (Phi) is 4.02. The third kappa shape index (κ3) is 3.96. The summed E-state index contributed by atoms with van der Waals surface area (Å²) in [5, 5.41) is 10.5. The molecule has 0 amide bonds. The van der Waals surface area contributed by atoms with E-state index in [0.717, 1.165) is 12.1 Å². The average molecular weight is 299 g/mol. The van der Waals surface area contributed by atoms with Gasteiger partial charge in [0.25, 0.3) is 5.69 Å². The minimum absolute atomic E-state index is 0.110. The lowest BCUT2D eigenvalue weighted by molar-refractivity contribution is -0.388. The van der Waals surface area contributed by atoms with Crippen molar-refractivity contribution in [2.75, 3.05) is 13.3 Å². The molecule has 9 heteroatoms. The highest BCUT2D eigenvalue weighted by Gasteiger charge is 2.38. The van der Waals surface area contributed by atoms with Crippen LogP contribution >= 0.6 is 6.26 Å². The first-order valence-electron chi connectivity index (χ1n) is 4.61. The van der Waals surface area contributed by atoms with Crippen molar-refractivity contribution in [1.82, 2.24) is 0 Å². The zero-order chi connectivity index (χ0) is 14.1. The predicted molar refractivity (Wildman–Crippen MR) is 64.9 cm³/mol. The van der Waals surface area contributed by atoms with Crippen LogP contribution in [0, 0.1) is 10.1 Å². The summed E-state index contributed by atoms with van der Waals surface area (Å²) in [5.41, 5.74) is -2.34. The van der Waals surface area contributed by atoms with Crippen LogP contribution in [-0.2, 0) is 18.0 Å². The molecule has 1 aromatic rings. The Hall–Kier alpha value is -1.14. The van der Waals surface area contributed by atoms with Gasteiger partial charge in [0.2, 0.25) is 0 Å². The molecule has 0 spiro atoms. The van der Waals surface area contributed by atoms with Crippen molar-refractivity contribution in [2.45, 2.75) is 6.18 Å². The van der Waals surface area contributed by atoms with E-state index in [9.17, 15) is 23.3 Å². The minimum atomic E-state index is -4.81. The molecule has 0 N–H and O–H groups in total. The summed E-state index contributed by atoms with van der Waals surface area (Å²) in [7, 11) is 0. The van der Waals surface area contributed by atoms with Gasteiger partial charge in [-0.2, -0.15) is 13.2 Å². The highest BCUT2D eigenvalue weighted by molar-refractivity contribution is 8.11. The van der Waals surface area contributed by atoms with Crippen LogP contribution in [0.5, 0.6) is 5.75 Å². The molecule has 1 aromatic carbocycles. The summed E-state index contributed by atoms with van der Waals surface area (Å²) in [6.07, 6.45) is -7.02. The molecule has 0 saturated carbocycles. The van der Waals surface area contributed by atoms with Crippen LogP contribution in [0.2, 0.25) is 0 Å². The number of nitro benzene ring substituents is 1. The number of alkyl halides is 3. The van der Waals surface area contributed by atoms with E-state index in [0.29, 0.717) is 6.07 Å². The van der Waals surface area contributed by atoms with E-state index in [1.807, 2.05) is 0 Å². The van der Waals surface area contributed by atoms with Gasteiger partial charge in [-0.25, -0.2) is 0 Å². The monoisotopic (exact) mass is 299 g/mol. The molecule has 0 unspecified atom stereocenters. The fraction of sp³-hybridized carbons (Fsp3) is 0.333. The summed E-state index contributed by atoms with van der Waals surface area (Å²) in [6.45, 7) is 3.19. The van der Waals surface area contributed by atoms with Crippen LogP contribution in [0.4, 0.5) is 18.9 Å². The first kappa shape index (κ1) is 14.9. The van der Waals surface area contributed by atoms with E-state index >= 15 is 0 Å². The lowest BCUT2D eigenvalue weighted by Gasteiger charge is -2.15. The Balaban J connectivity index is 3.31. The normalized spacial score (nSPS) is 12.3. The topological polar surface area (TPSA) is 52.4 Å². The number of halogens is 3. The van der Waals surface area contributed by atoms with Gasteiger partial charge in [-0.15, -0.1) is 0 Å². The second kappa shape index (κ2) is 4.85. The Labute approximate surface area is 106 Å². The maximum absolute atomic E-state index is 12.6. The van der Waals surface area contributed by atoms with Crippen molar-refractivity contribution in [2.24, 2.45) is 0 Å². The Morgan fingerprint density at radius 3 is 2.33 bits per heavy atom. The van der Waals surface area contributed by atoms with Crippen molar-refractivity contribution in [3.05, 3.63) is 33.9 Å². The smallest absolute Gasteiger partial charge is 0.423 e. The summed E-state index contributed by atoms with van der Waals surface area (Å²) < 4.78 is 43.1. The average Bonchev–Trinajstić information content (AvgIpc) is 2.13. The highest BCUT2D eigenvalue weighted by Crippen LogP contribution is 2.43. The lowest BCUT2D eigenvalue weighted by atomic mass is 10.1. The highest BCUT2D eigenvalue weighted by atomic mass is 32.4. The third-order valence-electron chi connectivity index (χ3n) is 1.80. The third-order valence-corrected chi connectivity index (χ3v) is 2.67. The number of benzene rings is 1. The second-order valence-electron chi connectivity index (χ2n) is 3.78. The molecule has 0 aliphatic carbocycles. The van der Waals surface area contributed by atoms with E-state index < -0.39 is 28.6 Å². The summed E-state index contributed by atoms with van der Waals surface area (Å²) in [5.74, 6) is -0.110. The van der Waals surface area contributed by atoms with Crippen LogP contribution < -0.4 is 4.52 Å². The number of nitrogens with zero attached hydrogens (tertiary/aromatic N) is 1. The van der Waals surface area contributed by atoms with Crippen molar-refractivity contribution >= 4 is 23.8 Å². The van der Waals surface area contributed by atoms with E-state index in [4.69, 9.17) is 16.3 Å². The van der Waals surface area contributed by atoms with Gasteiger partial charge in [-0.05, 0) is 25.5 Å². The van der Waals surface area contributed by atoms with Gasteiger partial charge in [0.15, 0.2) is 0 Å². The first-order valence-corrected chi connectivity index (χ1v) is 8.22. The van der Waals surface area contributed by atoms with Gasteiger partial charge in [0.05, 0.1) is 4.92 Å². The molecule has 100 valence electrons. The maximum atomic E-state index is 12.6. The van der Waals surface area contributed by atoms with Crippen molar-refractivity contribution in [3.8, 4) is 5.75 Å². The minimum Gasteiger partial charge on any atom is -0.467 e. The molecule has 0 aromatic heterocycles. The van der Waals surface area contributed by atoms with Crippen molar-refractivity contribution in [3.63, 3.8) is 0 Å². The SMILES string of the molecule is CP(C)(=S)Oc1ccc([N+](=O)[O-])c(C(F)(F)F)c1. The Bertz CT molecular complexity index is 526. The van der Waals surface area contributed by atoms with Gasteiger partial charge in [-0.1, -0.05) is 11.8 Å². The van der Waals surface area contributed by atoms with Gasteiger partial charge in [0.1, 0.15) is 17.6 Å². The molecule has 0 radical (unpaired) electrons. The molecule has 0 aliphatic heterocycles. The largest absolute Gasteiger partial charge is 0.467 e. The number of hydrogen-bond donors (Lipinski definition) is 0. The molecule has 1 rings (SSSR count). The lowest BCUT2D eigenvalue weighted by Crippen LogP contribution is -2.09. The molecular formula is C9H9F3NO3PS. The van der Waals surface area contributed by atoms with Gasteiger partial charge < -0.3 is 4.52 Å². The summed E-state index contributed by atoms with van der Waals surface area (Å²) >= 11 is 4.96. The van der Waals surface area contributed by atoms with Gasteiger partial charge >= 0.3 is 6.18 Å². The number of hydrogen-bond acceptors (Lipinski definition) is 4. The number of nitro groups is 1. The fourth-order valence-electron chi connectivity index (χ4n) is 1.21. The van der Waals surface area contributed by atoms with Crippen LogP contribution in [0.1, 0.15) is 5.56 Å². The number of rotatable bonds is 3. The van der Waals surface area contributed by atoms with E-state index in [-0.39, 0.29) is 5.75 Å². The van der Waals surface area contributed by atoms with E-state index in [1.165, 1.54) is 0 Å². The molecular weight excluding hydrogens is 290 g/mol. The quantitative estimate of drug-likeness (QED) is 0.485. The van der Waals surface area contributed by atoms with Crippen LogP contribution in [0.25, 0.3) is 0 Å². The fourth-order valence-corrected chi connectivity index (χ4v) is 2.09. The summed E-state index contributed by atoms with van der Waals surface area (Å²) in [4.78, 5) is 9.43. The molecule has 0 aliphatic rings. The standard InChI is InChI=1S/C9H9F3NO3PS/c1-17(2,18)16-6-3-4-8(13(14)15)7(5-6)9(10,11)12/h3-5H,1-2H3. The van der Waals surface area contributed by atoms with E-state index in [2.05, 4.69) is 0 Å². The molecule has 0 heterocycles. The molecule has 0 bridgehead atoms. The van der Waals surface area contributed by atoms with Crippen molar-refractivity contribution in [1.29, 1.82) is 0 Å². The molecule has 0 saturated heterocycles. The molecule has 0 atom stereocenters. The predicted octanol–water partition coefficient (Wildman–Crippen LogP) is 3.65. The van der Waals surface area contributed by atoms with Crippen LogP contribution in [0.3, 0.4) is 0 Å². The van der Waals surface area contributed by atoms with Crippen LogP contribution in [0.15, 0.2) is 18.2 Å². The van der Waals surface area contributed by atoms with E-state index in [1.54, 1.807) is 13.3 Å².